The summed E-state index contributed by atoms with van der Waals surface area (Å²) in [5.74, 6) is -1.43. The van der Waals surface area contributed by atoms with Gasteiger partial charge in [-0.2, -0.15) is 0 Å². The summed E-state index contributed by atoms with van der Waals surface area (Å²) < 4.78 is 24.4. The molecule has 2 aliphatic rings. The Hall–Kier alpha value is -3.66. The van der Waals surface area contributed by atoms with Gasteiger partial charge in [-0.05, 0) is 31.0 Å². The molecule has 0 radical (unpaired) electrons. The summed E-state index contributed by atoms with van der Waals surface area (Å²) in [6, 6.07) is 14.8. The summed E-state index contributed by atoms with van der Waals surface area (Å²) in [4.78, 5) is 43.4. The van der Waals surface area contributed by atoms with E-state index in [1.54, 1.807) is 6.20 Å². The van der Waals surface area contributed by atoms with Gasteiger partial charge in [0.25, 0.3) is 0 Å². The second-order valence-electron chi connectivity index (χ2n) is 9.84. The second-order valence-corrected chi connectivity index (χ2v) is 12.5. The molecule has 3 atom stereocenters. The van der Waals surface area contributed by atoms with Crippen LogP contribution in [0.3, 0.4) is 0 Å². The molecule has 2 aromatic carbocycles. The number of aromatic nitrogens is 1. The highest BCUT2D eigenvalue weighted by atomic mass is 32.2. The van der Waals surface area contributed by atoms with Gasteiger partial charge in [-0.15, -0.1) is 0 Å². The van der Waals surface area contributed by atoms with E-state index in [9.17, 15) is 22.8 Å². The van der Waals surface area contributed by atoms with Crippen LogP contribution in [-0.2, 0) is 37.2 Å². The van der Waals surface area contributed by atoms with E-state index >= 15 is 0 Å². The van der Waals surface area contributed by atoms with Gasteiger partial charge in [0.2, 0.25) is 17.7 Å². The van der Waals surface area contributed by atoms with E-state index in [2.05, 4.69) is 15.6 Å². The van der Waals surface area contributed by atoms with Crippen LogP contribution in [-0.4, -0.2) is 58.2 Å². The van der Waals surface area contributed by atoms with E-state index in [0.717, 1.165) is 26.9 Å². The lowest BCUT2D eigenvalue weighted by molar-refractivity contribution is -0.150. The molecular formula is C26H28N4O5S. The number of sulfone groups is 1. The number of para-hydroxylation sites is 1. The number of rotatable bonds is 7. The Morgan fingerprint density at radius 3 is 2.53 bits per heavy atom. The Bertz CT molecular complexity index is 1450. The number of nitrogens with one attached hydrogen (secondary N) is 3. The van der Waals surface area contributed by atoms with Crippen LogP contribution < -0.4 is 10.6 Å². The molecule has 2 fully saturated rings. The molecule has 2 aliphatic heterocycles. The molecule has 3 aromatic rings. The zero-order chi connectivity index (χ0) is 25.7. The minimum atomic E-state index is -3.74. The number of carbonyl (C=O) groups excluding carboxylic acids is 3. The number of aromatic amines is 1. The van der Waals surface area contributed by atoms with Crippen molar-refractivity contribution in [2.45, 2.75) is 55.4 Å². The molecule has 0 unspecified atom stereocenters. The number of benzene rings is 2. The van der Waals surface area contributed by atoms with Crippen LogP contribution >= 0.6 is 0 Å². The van der Waals surface area contributed by atoms with Crippen molar-refractivity contribution in [2.24, 2.45) is 0 Å². The minimum Gasteiger partial charge on any atom is -0.361 e. The molecule has 188 valence electrons. The highest BCUT2D eigenvalue weighted by Gasteiger charge is 2.67. The fourth-order valence-corrected chi connectivity index (χ4v) is 7.28. The van der Waals surface area contributed by atoms with Crippen LogP contribution in [0.25, 0.3) is 10.9 Å². The molecule has 0 aliphatic carbocycles. The smallest absolute Gasteiger partial charge is 0.245 e. The maximum absolute atomic E-state index is 13.5. The zero-order valence-electron chi connectivity index (χ0n) is 20.0. The first-order valence-electron chi connectivity index (χ1n) is 11.8. The van der Waals surface area contributed by atoms with E-state index in [0.29, 0.717) is 0 Å². The molecule has 3 N–H and O–H groups in total. The van der Waals surface area contributed by atoms with Crippen LogP contribution in [0.5, 0.6) is 0 Å². The van der Waals surface area contributed by atoms with Crippen LogP contribution in [0, 0.1) is 0 Å². The maximum Gasteiger partial charge on any atom is 0.245 e. The van der Waals surface area contributed by atoms with Crippen LogP contribution in [0.1, 0.15) is 31.4 Å². The molecule has 1 aromatic heterocycles. The van der Waals surface area contributed by atoms with Gasteiger partial charge in [0.1, 0.15) is 17.5 Å². The third-order valence-corrected chi connectivity index (χ3v) is 10.1. The van der Waals surface area contributed by atoms with E-state index < -0.39 is 43.9 Å². The number of hydrogen-bond donors (Lipinski definition) is 3. The number of carbonyl (C=O) groups is 3. The number of fused-ring (bicyclic) bond motifs is 2. The Balaban J connectivity index is 1.41. The van der Waals surface area contributed by atoms with Crippen molar-refractivity contribution >= 4 is 38.5 Å². The van der Waals surface area contributed by atoms with Crippen molar-refractivity contribution in [1.82, 2.24) is 20.5 Å². The number of hydrogen-bond acceptors (Lipinski definition) is 5. The topological polar surface area (TPSA) is 128 Å². The molecular weight excluding hydrogens is 480 g/mol. The lowest BCUT2D eigenvalue weighted by Gasteiger charge is -2.37. The number of amides is 3. The van der Waals surface area contributed by atoms with E-state index in [1.165, 1.54) is 13.8 Å². The highest BCUT2D eigenvalue weighted by molar-refractivity contribution is 7.93. The summed E-state index contributed by atoms with van der Waals surface area (Å²) in [5, 5.41) is 5.58. The fourth-order valence-electron chi connectivity index (χ4n) is 5.14. The molecule has 10 heteroatoms. The first kappa shape index (κ1) is 24.1. The van der Waals surface area contributed by atoms with Crippen molar-refractivity contribution in [3.8, 4) is 0 Å². The first-order valence-corrected chi connectivity index (χ1v) is 13.4. The van der Waals surface area contributed by atoms with Gasteiger partial charge < -0.3 is 20.5 Å². The number of nitrogens with zero attached hydrogens (tertiary/aromatic N) is 1. The number of β-lactam (4-membered cyclic amide) rings is 1. The van der Waals surface area contributed by atoms with Crippen molar-refractivity contribution in [3.05, 3.63) is 71.9 Å². The molecule has 5 rings (SSSR count). The molecule has 0 bridgehead atoms. The normalized spacial score (nSPS) is 22.5. The zero-order valence-corrected chi connectivity index (χ0v) is 20.8. The Kier molecular flexibility index (Phi) is 5.86. The third-order valence-electron chi connectivity index (χ3n) is 7.27. The fraction of sp³-hybridized carbons (Fsp3) is 0.346. The predicted molar refractivity (Wildman–Crippen MR) is 134 cm³/mol. The van der Waals surface area contributed by atoms with Crippen molar-refractivity contribution in [1.29, 1.82) is 0 Å². The quantitative estimate of drug-likeness (QED) is 0.418. The largest absolute Gasteiger partial charge is 0.361 e. The van der Waals surface area contributed by atoms with Crippen LogP contribution in [0.2, 0.25) is 0 Å². The van der Waals surface area contributed by atoms with E-state index in [4.69, 9.17) is 0 Å². The molecule has 3 heterocycles. The lowest BCUT2D eigenvalue weighted by atomic mass is 9.96. The standard InChI is InChI=1S/C26H28N4O5S/c1-26(2)23(30-21(31)13-22(30)36(26,34)35)25(33)29-20(24(32)28-14-16-8-4-3-5-9-16)12-17-15-27-19-11-7-6-10-18(17)19/h3-11,15,20,22-23,27H,12-14H2,1-2H3,(H,28,32)(H,29,33)/t20-,22+,23+/m1/s1. The number of H-pyrrole nitrogens is 1. The summed E-state index contributed by atoms with van der Waals surface area (Å²) in [6.45, 7) is 3.20. The summed E-state index contributed by atoms with van der Waals surface area (Å²) in [7, 11) is -3.74. The van der Waals surface area contributed by atoms with E-state index in [-0.39, 0.29) is 25.3 Å². The molecule has 3 amide bonds. The van der Waals surface area contributed by atoms with E-state index in [1.807, 2.05) is 54.6 Å². The van der Waals surface area contributed by atoms with Crippen LogP contribution in [0.15, 0.2) is 60.8 Å². The SMILES string of the molecule is CC1(C)[C@H](C(=O)N[C@H](Cc2c[nH]c3ccccc23)C(=O)NCc2ccccc2)N2C(=O)C[C@@H]2S1(=O)=O. The third kappa shape index (κ3) is 3.85. The average molecular weight is 509 g/mol. The molecule has 9 nitrogen and oxygen atoms in total. The molecule has 0 spiro atoms. The van der Waals surface area contributed by atoms with Crippen molar-refractivity contribution in [3.63, 3.8) is 0 Å². The molecule has 0 saturated carbocycles. The van der Waals surface area contributed by atoms with Gasteiger partial charge in [0, 0.05) is 30.1 Å². The predicted octanol–water partition coefficient (Wildman–Crippen LogP) is 1.65. The minimum absolute atomic E-state index is 0.119. The van der Waals surface area contributed by atoms with Crippen molar-refractivity contribution in [2.75, 3.05) is 0 Å². The highest BCUT2D eigenvalue weighted by Crippen LogP contribution is 2.45. The molecule has 36 heavy (non-hydrogen) atoms. The van der Waals surface area contributed by atoms with Gasteiger partial charge >= 0.3 is 0 Å². The van der Waals surface area contributed by atoms with Gasteiger partial charge in [-0.25, -0.2) is 8.42 Å². The summed E-state index contributed by atoms with van der Waals surface area (Å²) >= 11 is 0. The van der Waals surface area contributed by atoms with Gasteiger partial charge in [-0.3, -0.25) is 14.4 Å². The Morgan fingerprint density at radius 1 is 1.11 bits per heavy atom. The Morgan fingerprint density at radius 2 is 1.81 bits per heavy atom. The van der Waals surface area contributed by atoms with Gasteiger partial charge in [-0.1, -0.05) is 48.5 Å². The molecule has 2 saturated heterocycles. The average Bonchev–Trinajstić information content (AvgIpc) is 3.31. The van der Waals surface area contributed by atoms with Gasteiger partial charge in [0.15, 0.2) is 9.84 Å². The maximum atomic E-state index is 13.5. The Labute approximate surface area is 209 Å². The monoisotopic (exact) mass is 508 g/mol. The first-order chi connectivity index (χ1) is 17.1. The van der Waals surface area contributed by atoms with Crippen molar-refractivity contribution < 1.29 is 22.8 Å². The second kappa shape index (κ2) is 8.77. The summed E-state index contributed by atoms with van der Waals surface area (Å²) in [5.41, 5.74) is 2.64. The summed E-state index contributed by atoms with van der Waals surface area (Å²) in [6.07, 6.45) is 1.87. The van der Waals surface area contributed by atoms with Crippen LogP contribution in [0.4, 0.5) is 0 Å². The van der Waals surface area contributed by atoms with Gasteiger partial charge in [0.05, 0.1) is 11.2 Å². The lowest BCUT2D eigenvalue weighted by Crippen LogP contribution is -2.61.